The van der Waals surface area contributed by atoms with E-state index < -0.39 is 0 Å². The highest BCUT2D eigenvalue weighted by atomic mass is 16.5. The number of ether oxygens (including phenoxy) is 1. The van der Waals surface area contributed by atoms with Gasteiger partial charge in [-0.1, -0.05) is 26.2 Å². The van der Waals surface area contributed by atoms with E-state index in [0.29, 0.717) is 12.1 Å². The first-order chi connectivity index (χ1) is 8.25. The molecular weight excluding hydrogens is 212 g/mol. The highest BCUT2D eigenvalue weighted by molar-refractivity contribution is 4.80. The maximum absolute atomic E-state index is 5.60. The number of nitrogens with zero attached hydrogens (tertiary/aromatic N) is 1. The SMILES string of the molecule is CCCCCCNCCN(C)C1CCOC1C. The van der Waals surface area contributed by atoms with Crippen molar-refractivity contribution in [1.29, 1.82) is 0 Å². The summed E-state index contributed by atoms with van der Waals surface area (Å²) in [5.74, 6) is 0. The van der Waals surface area contributed by atoms with E-state index in [1.807, 2.05) is 0 Å². The molecule has 0 amide bonds. The minimum Gasteiger partial charge on any atom is -0.377 e. The van der Waals surface area contributed by atoms with Gasteiger partial charge in [-0.05, 0) is 33.4 Å². The number of likely N-dealkylation sites (N-methyl/N-ethyl adjacent to an activating group) is 1. The quantitative estimate of drug-likeness (QED) is 0.628. The Labute approximate surface area is 107 Å². The Kier molecular flexibility index (Phi) is 7.82. The van der Waals surface area contributed by atoms with Crippen LogP contribution in [0.5, 0.6) is 0 Å². The average Bonchev–Trinajstić information content (AvgIpc) is 2.74. The van der Waals surface area contributed by atoms with E-state index >= 15 is 0 Å². The highest BCUT2D eigenvalue weighted by Gasteiger charge is 2.27. The second-order valence-electron chi connectivity index (χ2n) is 5.22. The molecule has 1 fully saturated rings. The van der Waals surface area contributed by atoms with E-state index in [9.17, 15) is 0 Å². The Hall–Kier alpha value is -0.120. The van der Waals surface area contributed by atoms with Crippen LogP contribution in [-0.2, 0) is 4.74 Å². The van der Waals surface area contributed by atoms with Crippen molar-refractivity contribution in [2.75, 3.05) is 33.3 Å². The van der Waals surface area contributed by atoms with E-state index in [1.54, 1.807) is 0 Å². The Balaban J connectivity index is 1.95. The van der Waals surface area contributed by atoms with Crippen molar-refractivity contribution in [1.82, 2.24) is 10.2 Å². The summed E-state index contributed by atoms with van der Waals surface area (Å²) >= 11 is 0. The maximum atomic E-state index is 5.60. The van der Waals surface area contributed by atoms with Crippen molar-refractivity contribution in [3.63, 3.8) is 0 Å². The standard InChI is InChI=1S/C14H30N2O/c1-4-5-6-7-9-15-10-11-16(3)14-8-12-17-13(14)2/h13-15H,4-12H2,1-3H3. The van der Waals surface area contributed by atoms with Crippen LogP contribution in [0.15, 0.2) is 0 Å². The van der Waals surface area contributed by atoms with Gasteiger partial charge in [-0.15, -0.1) is 0 Å². The summed E-state index contributed by atoms with van der Waals surface area (Å²) in [6.45, 7) is 8.78. The minimum absolute atomic E-state index is 0.407. The molecule has 0 saturated carbocycles. The van der Waals surface area contributed by atoms with Gasteiger partial charge in [-0.3, -0.25) is 4.90 Å². The molecule has 1 heterocycles. The zero-order chi connectivity index (χ0) is 12.5. The van der Waals surface area contributed by atoms with E-state index in [2.05, 4.69) is 31.1 Å². The Morgan fingerprint density at radius 1 is 1.24 bits per heavy atom. The minimum atomic E-state index is 0.407. The third-order valence-corrected chi connectivity index (χ3v) is 3.75. The predicted octanol–water partition coefficient (Wildman–Crippen LogP) is 2.27. The zero-order valence-corrected chi connectivity index (χ0v) is 11.9. The van der Waals surface area contributed by atoms with E-state index in [1.165, 1.54) is 38.6 Å². The number of rotatable bonds is 9. The van der Waals surface area contributed by atoms with Crippen molar-refractivity contribution in [2.45, 2.75) is 58.1 Å². The van der Waals surface area contributed by atoms with Crippen LogP contribution in [0.25, 0.3) is 0 Å². The van der Waals surface area contributed by atoms with Gasteiger partial charge in [0.05, 0.1) is 6.10 Å². The van der Waals surface area contributed by atoms with Crippen molar-refractivity contribution >= 4 is 0 Å². The topological polar surface area (TPSA) is 24.5 Å². The molecule has 2 atom stereocenters. The molecule has 0 aromatic heterocycles. The van der Waals surface area contributed by atoms with Crippen LogP contribution in [-0.4, -0.2) is 50.3 Å². The van der Waals surface area contributed by atoms with E-state index in [-0.39, 0.29) is 0 Å². The summed E-state index contributed by atoms with van der Waals surface area (Å²) in [5.41, 5.74) is 0. The highest BCUT2D eigenvalue weighted by Crippen LogP contribution is 2.17. The first-order valence-electron chi connectivity index (χ1n) is 7.28. The summed E-state index contributed by atoms with van der Waals surface area (Å²) < 4.78 is 5.60. The first-order valence-corrected chi connectivity index (χ1v) is 7.28. The van der Waals surface area contributed by atoms with Crippen LogP contribution in [0.3, 0.4) is 0 Å². The fourth-order valence-electron chi connectivity index (χ4n) is 2.52. The Morgan fingerprint density at radius 3 is 2.71 bits per heavy atom. The molecule has 0 aromatic carbocycles. The van der Waals surface area contributed by atoms with Gasteiger partial charge in [0, 0.05) is 25.7 Å². The van der Waals surface area contributed by atoms with Crippen LogP contribution < -0.4 is 5.32 Å². The Bertz CT molecular complexity index is 187. The molecule has 0 spiro atoms. The molecule has 3 heteroatoms. The van der Waals surface area contributed by atoms with Gasteiger partial charge in [0.15, 0.2) is 0 Å². The monoisotopic (exact) mass is 242 g/mol. The first kappa shape index (κ1) is 14.9. The summed E-state index contributed by atoms with van der Waals surface area (Å²) in [6.07, 6.45) is 6.98. The van der Waals surface area contributed by atoms with Crippen molar-refractivity contribution in [3.8, 4) is 0 Å². The van der Waals surface area contributed by atoms with Gasteiger partial charge in [0.2, 0.25) is 0 Å². The van der Waals surface area contributed by atoms with Gasteiger partial charge in [0.25, 0.3) is 0 Å². The van der Waals surface area contributed by atoms with Gasteiger partial charge in [-0.25, -0.2) is 0 Å². The van der Waals surface area contributed by atoms with Gasteiger partial charge >= 0.3 is 0 Å². The van der Waals surface area contributed by atoms with E-state index in [4.69, 9.17) is 4.74 Å². The lowest BCUT2D eigenvalue weighted by atomic mass is 10.1. The second-order valence-corrected chi connectivity index (χ2v) is 5.22. The lowest BCUT2D eigenvalue weighted by molar-refractivity contribution is 0.0840. The molecule has 0 aliphatic carbocycles. The van der Waals surface area contributed by atoms with Gasteiger partial charge in [-0.2, -0.15) is 0 Å². The number of nitrogens with one attached hydrogen (secondary N) is 1. The van der Waals surface area contributed by atoms with Gasteiger partial charge < -0.3 is 10.1 Å². The molecule has 1 N–H and O–H groups in total. The van der Waals surface area contributed by atoms with E-state index in [0.717, 1.165) is 19.7 Å². The molecule has 0 radical (unpaired) electrons. The molecule has 1 saturated heterocycles. The molecule has 17 heavy (non-hydrogen) atoms. The molecule has 1 aliphatic heterocycles. The third-order valence-electron chi connectivity index (χ3n) is 3.75. The largest absolute Gasteiger partial charge is 0.377 e. The molecule has 0 bridgehead atoms. The second kappa shape index (κ2) is 8.90. The molecule has 1 aliphatic rings. The maximum Gasteiger partial charge on any atom is 0.0702 e. The number of hydrogen-bond donors (Lipinski definition) is 1. The lowest BCUT2D eigenvalue weighted by Crippen LogP contribution is -2.40. The van der Waals surface area contributed by atoms with Crippen molar-refractivity contribution in [3.05, 3.63) is 0 Å². The summed E-state index contributed by atoms with van der Waals surface area (Å²) in [6, 6.07) is 0.622. The normalized spacial score (nSPS) is 24.7. The molecule has 3 nitrogen and oxygen atoms in total. The smallest absolute Gasteiger partial charge is 0.0702 e. The summed E-state index contributed by atoms with van der Waals surface area (Å²) in [4.78, 5) is 2.44. The molecule has 102 valence electrons. The molecule has 0 aromatic rings. The lowest BCUT2D eigenvalue weighted by Gasteiger charge is -2.26. The number of hydrogen-bond acceptors (Lipinski definition) is 3. The fourth-order valence-corrected chi connectivity index (χ4v) is 2.52. The third kappa shape index (κ3) is 5.84. The van der Waals surface area contributed by atoms with Crippen LogP contribution >= 0.6 is 0 Å². The predicted molar refractivity (Wildman–Crippen MR) is 73.5 cm³/mol. The van der Waals surface area contributed by atoms with Crippen LogP contribution in [0.2, 0.25) is 0 Å². The summed E-state index contributed by atoms with van der Waals surface area (Å²) in [7, 11) is 2.22. The van der Waals surface area contributed by atoms with Crippen LogP contribution in [0.1, 0.15) is 46.0 Å². The zero-order valence-electron chi connectivity index (χ0n) is 11.9. The van der Waals surface area contributed by atoms with Crippen LogP contribution in [0, 0.1) is 0 Å². The fraction of sp³-hybridized carbons (Fsp3) is 1.00. The molecular formula is C14H30N2O. The molecule has 2 unspecified atom stereocenters. The summed E-state index contributed by atoms with van der Waals surface area (Å²) in [5, 5.41) is 3.53. The average molecular weight is 242 g/mol. The molecule has 1 rings (SSSR count). The Morgan fingerprint density at radius 2 is 2.06 bits per heavy atom. The van der Waals surface area contributed by atoms with Crippen molar-refractivity contribution < 1.29 is 4.74 Å². The number of unbranched alkanes of at least 4 members (excludes halogenated alkanes) is 3. The van der Waals surface area contributed by atoms with Gasteiger partial charge in [0.1, 0.15) is 0 Å². The van der Waals surface area contributed by atoms with Crippen LogP contribution in [0.4, 0.5) is 0 Å². The van der Waals surface area contributed by atoms with Crippen molar-refractivity contribution in [2.24, 2.45) is 0 Å².